The minimum Gasteiger partial charge on any atom is -0.337 e. The van der Waals surface area contributed by atoms with Crippen LogP contribution in [0.1, 0.15) is 21.5 Å². The molecule has 3 aromatic carbocycles. The number of para-hydroxylation sites is 1. The molecule has 0 saturated heterocycles. The van der Waals surface area contributed by atoms with Crippen molar-refractivity contribution in [2.75, 3.05) is 7.05 Å². The van der Waals surface area contributed by atoms with Gasteiger partial charge in [0.05, 0.1) is 11.4 Å². The molecule has 4 nitrogen and oxygen atoms in total. The van der Waals surface area contributed by atoms with E-state index >= 15 is 0 Å². The maximum absolute atomic E-state index is 12.9. The summed E-state index contributed by atoms with van der Waals surface area (Å²) in [6, 6.07) is 27.8. The molecule has 0 atom stereocenters. The molecule has 0 aliphatic carbocycles. The Morgan fingerprint density at radius 2 is 1.52 bits per heavy atom. The third-order valence-electron chi connectivity index (χ3n) is 4.91. The predicted molar refractivity (Wildman–Crippen MR) is 116 cm³/mol. The average molecular weight is 381 g/mol. The zero-order chi connectivity index (χ0) is 20.2. The molecule has 0 fully saturated rings. The van der Waals surface area contributed by atoms with Gasteiger partial charge in [-0.3, -0.25) is 4.79 Å². The number of amides is 1. The number of carbonyl (C=O) groups is 1. The van der Waals surface area contributed by atoms with Crippen LogP contribution < -0.4 is 0 Å². The van der Waals surface area contributed by atoms with Crippen molar-refractivity contribution in [1.29, 1.82) is 0 Å². The molecule has 0 radical (unpaired) electrons. The van der Waals surface area contributed by atoms with E-state index in [1.54, 1.807) is 4.90 Å². The monoisotopic (exact) mass is 381 g/mol. The van der Waals surface area contributed by atoms with Gasteiger partial charge in [-0.15, -0.1) is 0 Å². The molecule has 4 heteroatoms. The van der Waals surface area contributed by atoms with Gasteiger partial charge < -0.3 is 4.90 Å². The van der Waals surface area contributed by atoms with Crippen molar-refractivity contribution in [2.45, 2.75) is 13.5 Å². The van der Waals surface area contributed by atoms with E-state index in [4.69, 9.17) is 5.10 Å². The minimum absolute atomic E-state index is 0.00327. The lowest BCUT2D eigenvalue weighted by Gasteiger charge is -2.17. The Morgan fingerprint density at radius 3 is 2.17 bits per heavy atom. The standard InChI is InChI=1S/C25H23N3O/c1-19-13-15-21(16-14-19)25(29)27(2)17-22-18-28(23-11-7-4-8-12-23)26-24(22)20-9-5-3-6-10-20/h3-16,18H,17H2,1-2H3. The van der Waals surface area contributed by atoms with E-state index in [0.717, 1.165) is 28.1 Å². The largest absolute Gasteiger partial charge is 0.337 e. The first-order valence-electron chi connectivity index (χ1n) is 9.63. The Hall–Kier alpha value is -3.66. The summed E-state index contributed by atoms with van der Waals surface area (Å²) >= 11 is 0. The summed E-state index contributed by atoms with van der Waals surface area (Å²) in [5.74, 6) is -0.00327. The number of benzene rings is 3. The maximum Gasteiger partial charge on any atom is 0.253 e. The fraction of sp³-hybridized carbons (Fsp3) is 0.120. The molecular formula is C25H23N3O. The second-order valence-electron chi connectivity index (χ2n) is 7.18. The second kappa shape index (κ2) is 8.15. The number of aryl methyl sites for hydroxylation is 1. The van der Waals surface area contributed by atoms with E-state index in [1.165, 1.54) is 0 Å². The molecule has 4 rings (SSSR count). The Labute approximate surface area is 171 Å². The maximum atomic E-state index is 12.9. The van der Waals surface area contributed by atoms with E-state index in [-0.39, 0.29) is 5.91 Å². The molecule has 0 bridgehead atoms. The van der Waals surface area contributed by atoms with Crippen molar-refractivity contribution in [1.82, 2.24) is 14.7 Å². The molecule has 144 valence electrons. The highest BCUT2D eigenvalue weighted by Gasteiger charge is 2.17. The molecule has 0 aliphatic rings. The summed E-state index contributed by atoms with van der Waals surface area (Å²) in [6.07, 6.45) is 2.01. The van der Waals surface area contributed by atoms with Gasteiger partial charge in [0.1, 0.15) is 0 Å². The molecule has 0 saturated carbocycles. The summed E-state index contributed by atoms with van der Waals surface area (Å²) in [4.78, 5) is 14.6. The van der Waals surface area contributed by atoms with Crippen LogP contribution in [0.2, 0.25) is 0 Å². The van der Waals surface area contributed by atoms with Crippen LogP contribution in [-0.2, 0) is 6.54 Å². The topological polar surface area (TPSA) is 38.1 Å². The molecule has 1 amide bonds. The van der Waals surface area contributed by atoms with Gasteiger partial charge in [0.15, 0.2) is 0 Å². The Kier molecular flexibility index (Phi) is 5.25. The molecule has 0 spiro atoms. The van der Waals surface area contributed by atoms with Crippen LogP contribution in [0.4, 0.5) is 0 Å². The van der Waals surface area contributed by atoms with E-state index in [9.17, 15) is 4.79 Å². The van der Waals surface area contributed by atoms with Crippen LogP contribution in [0.3, 0.4) is 0 Å². The molecule has 0 unspecified atom stereocenters. The van der Waals surface area contributed by atoms with E-state index in [1.807, 2.05) is 110 Å². The minimum atomic E-state index is -0.00327. The van der Waals surface area contributed by atoms with Crippen molar-refractivity contribution in [3.05, 3.63) is 108 Å². The van der Waals surface area contributed by atoms with Crippen LogP contribution in [0, 0.1) is 6.92 Å². The van der Waals surface area contributed by atoms with Crippen molar-refractivity contribution in [3.63, 3.8) is 0 Å². The smallest absolute Gasteiger partial charge is 0.253 e. The lowest BCUT2D eigenvalue weighted by Crippen LogP contribution is -2.26. The first-order chi connectivity index (χ1) is 14.1. The fourth-order valence-corrected chi connectivity index (χ4v) is 3.32. The Morgan fingerprint density at radius 1 is 0.897 bits per heavy atom. The van der Waals surface area contributed by atoms with Crippen LogP contribution in [0.5, 0.6) is 0 Å². The lowest BCUT2D eigenvalue weighted by molar-refractivity contribution is 0.0785. The number of hydrogen-bond acceptors (Lipinski definition) is 2. The number of aromatic nitrogens is 2. The second-order valence-corrected chi connectivity index (χ2v) is 7.18. The normalized spacial score (nSPS) is 10.7. The Bertz CT molecular complexity index is 1100. The van der Waals surface area contributed by atoms with Crippen molar-refractivity contribution >= 4 is 5.91 Å². The summed E-state index contributed by atoms with van der Waals surface area (Å²) in [5, 5.41) is 4.83. The van der Waals surface area contributed by atoms with Gasteiger partial charge >= 0.3 is 0 Å². The molecule has 4 aromatic rings. The van der Waals surface area contributed by atoms with E-state index in [2.05, 4.69) is 0 Å². The van der Waals surface area contributed by atoms with Gasteiger partial charge in [0.2, 0.25) is 0 Å². The highest BCUT2D eigenvalue weighted by molar-refractivity contribution is 5.94. The predicted octanol–water partition coefficient (Wildman–Crippen LogP) is 5.12. The van der Waals surface area contributed by atoms with E-state index in [0.29, 0.717) is 12.1 Å². The van der Waals surface area contributed by atoms with Crippen molar-refractivity contribution < 1.29 is 4.79 Å². The summed E-state index contributed by atoms with van der Waals surface area (Å²) < 4.78 is 1.88. The van der Waals surface area contributed by atoms with Gasteiger partial charge in [-0.1, -0.05) is 66.2 Å². The van der Waals surface area contributed by atoms with Crippen LogP contribution in [0.15, 0.2) is 91.1 Å². The van der Waals surface area contributed by atoms with Crippen LogP contribution in [-0.4, -0.2) is 27.6 Å². The third-order valence-corrected chi connectivity index (χ3v) is 4.91. The first-order valence-corrected chi connectivity index (χ1v) is 9.63. The number of rotatable bonds is 5. The number of nitrogens with zero attached hydrogens (tertiary/aromatic N) is 3. The zero-order valence-corrected chi connectivity index (χ0v) is 16.6. The van der Waals surface area contributed by atoms with Gasteiger partial charge in [0.25, 0.3) is 5.91 Å². The van der Waals surface area contributed by atoms with E-state index < -0.39 is 0 Å². The molecule has 1 heterocycles. The fourth-order valence-electron chi connectivity index (χ4n) is 3.32. The number of hydrogen-bond donors (Lipinski definition) is 0. The van der Waals surface area contributed by atoms with Gasteiger partial charge in [0, 0.05) is 36.5 Å². The summed E-state index contributed by atoms with van der Waals surface area (Å²) in [7, 11) is 1.83. The summed E-state index contributed by atoms with van der Waals surface area (Å²) in [6.45, 7) is 2.49. The highest BCUT2D eigenvalue weighted by atomic mass is 16.2. The van der Waals surface area contributed by atoms with Gasteiger partial charge in [-0.25, -0.2) is 4.68 Å². The molecule has 0 N–H and O–H groups in total. The SMILES string of the molecule is Cc1ccc(C(=O)N(C)Cc2cn(-c3ccccc3)nc2-c2ccccc2)cc1. The molecule has 29 heavy (non-hydrogen) atoms. The Balaban J connectivity index is 1.67. The first kappa shape index (κ1) is 18.7. The zero-order valence-electron chi connectivity index (χ0n) is 16.6. The van der Waals surface area contributed by atoms with Crippen molar-refractivity contribution in [3.8, 4) is 16.9 Å². The van der Waals surface area contributed by atoms with Gasteiger partial charge in [-0.2, -0.15) is 5.10 Å². The third kappa shape index (κ3) is 4.11. The van der Waals surface area contributed by atoms with Crippen LogP contribution >= 0.6 is 0 Å². The molecular weight excluding hydrogens is 358 g/mol. The summed E-state index contributed by atoms with van der Waals surface area (Å²) in [5.41, 5.74) is 5.74. The van der Waals surface area contributed by atoms with Gasteiger partial charge in [-0.05, 0) is 31.2 Å². The highest BCUT2D eigenvalue weighted by Crippen LogP contribution is 2.25. The molecule has 1 aromatic heterocycles. The quantitative estimate of drug-likeness (QED) is 0.481. The number of carbonyl (C=O) groups excluding carboxylic acids is 1. The van der Waals surface area contributed by atoms with Crippen LogP contribution in [0.25, 0.3) is 16.9 Å². The molecule has 0 aliphatic heterocycles. The lowest BCUT2D eigenvalue weighted by atomic mass is 10.1. The average Bonchev–Trinajstić information content (AvgIpc) is 3.19. The van der Waals surface area contributed by atoms with Crippen molar-refractivity contribution in [2.24, 2.45) is 0 Å².